The number of carbonyl (C=O) groups excluding carboxylic acids is 1. The zero-order valence-corrected chi connectivity index (χ0v) is 15.1. The van der Waals surface area contributed by atoms with Crippen LogP contribution in [-0.2, 0) is 20.9 Å². The van der Waals surface area contributed by atoms with Gasteiger partial charge >= 0.3 is 11.9 Å². The maximum absolute atomic E-state index is 11.2. The molecule has 0 spiro atoms. The van der Waals surface area contributed by atoms with Crippen molar-refractivity contribution in [3.05, 3.63) is 47.6 Å². The Balaban J connectivity index is 2.29. The molecule has 0 unspecified atom stereocenters. The van der Waals surface area contributed by atoms with Crippen LogP contribution in [0.4, 0.5) is 0 Å². The summed E-state index contributed by atoms with van der Waals surface area (Å²) in [5.41, 5.74) is 1.71. The van der Waals surface area contributed by atoms with E-state index in [2.05, 4.69) is 6.58 Å². The summed E-state index contributed by atoms with van der Waals surface area (Å²) in [6, 6.07) is 5.17. The van der Waals surface area contributed by atoms with Gasteiger partial charge in [-0.3, -0.25) is 0 Å². The van der Waals surface area contributed by atoms with Gasteiger partial charge < -0.3 is 19.7 Å². The molecule has 26 heavy (non-hydrogen) atoms. The van der Waals surface area contributed by atoms with Crippen molar-refractivity contribution < 1.29 is 29.3 Å². The Morgan fingerprint density at radius 3 is 2.46 bits per heavy atom. The van der Waals surface area contributed by atoms with E-state index in [0.29, 0.717) is 35.7 Å². The highest BCUT2D eigenvalue weighted by Gasteiger charge is 2.05. The first kappa shape index (κ1) is 21.4. The van der Waals surface area contributed by atoms with Crippen LogP contribution in [0, 0.1) is 0 Å². The second kappa shape index (κ2) is 11.9. The molecule has 142 valence electrons. The van der Waals surface area contributed by atoms with Gasteiger partial charge in [-0.1, -0.05) is 12.6 Å². The van der Waals surface area contributed by atoms with Crippen molar-refractivity contribution in [2.24, 2.45) is 0 Å². The molecule has 0 heterocycles. The summed E-state index contributed by atoms with van der Waals surface area (Å²) in [4.78, 5) is 21.7. The number of aliphatic hydroxyl groups is 1. The molecular formula is C20H26O6. The molecule has 0 saturated carbocycles. The third kappa shape index (κ3) is 8.48. The largest absolute Gasteiger partial charge is 0.493 e. The van der Waals surface area contributed by atoms with Crippen LogP contribution in [0.3, 0.4) is 0 Å². The van der Waals surface area contributed by atoms with Crippen LogP contribution in [0.5, 0.6) is 5.75 Å². The number of carbonyl (C=O) groups is 2. The lowest BCUT2D eigenvalue weighted by atomic mass is 10.1. The SMILES string of the molecule is C=C(C)C(=O)OCCCCCCOc1ccc(/C=C/C(=O)O)cc1CO. The molecule has 0 saturated heterocycles. The van der Waals surface area contributed by atoms with Crippen molar-refractivity contribution in [3.63, 3.8) is 0 Å². The predicted molar refractivity (Wildman–Crippen MR) is 98.8 cm³/mol. The fourth-order valence-electron chi connectivity index (χ4n) is 2.16. The van der Waals surface area contributed by atoms with Crippen molar-refractivity contribution in [3.8, 4) is 5.75 Å². The molecule has 0 aliphatic heterocycles. The number of benzene rings is 1. The minimum Gasteiger partial charge on any atom is -0.493 e. The number of rotatable bonds is 12. The average Bonchev–Trinajstić information content (AvgIpc) is 2.62. The first-order valence-electron chi connectivity index (χ1n) is 8.54. The van der Waals surface area contributed by atoms with E-state index in [0.717, 1.165) is 31.8 Å². The van der Waals surface area contributed by atoms with Gasteiger partial charge in [0.25, 0.3) is 0 Å². The van der Waals surface area contributed by atoms with Crippen molar-refractivity contribution in [1.29, 1.82) is 0 Å². The number of hydrogen-bond donors (Lipinski definition) is 2. The third-order valence-corrected chi connectivity index (χ3v) is 3.55. The summed E-state index contributed by atoms with van der Waals surface area (Å²) in [5, 5.41) is 18.1. The lowest BCUT2D eigenvalue weighted by Crippen LogP contribution is -2.06. The van der Waals surface area contributed by atoms with Crippen LogP contribution in [0.25, 0.3) is 6.08 Å². The number of esters is 1. The molecule has 0 bridgehead atoms. The maximum Gasteiger partial charge on any atom is 0.333 e. The van der Waals surface area contributed by atoms with Gasteiger partial charge in [-0.25, -0.2) is 9.59 Å². The van der Waals surface area contributed by atoms with Crippen molar-refractivity contribution in [2.75, 3.05) is 13.2 Å². The molecule has 0 fully saturated rings. The molecule has 0 aliphatic carbocycles. The molecule has 0 radical (unpaired) electrons. The Hall–Kier alpha value is -2.60. The number of hydrogen-bond acceptors (Lipinski definition) is 5. The summed E-state index contributed by atoms with van der Waals surface area (Å²) in [5.74, 6) is -0.785. The fraction of sp³-hybridized carbons (Fsp3) is 0.400. The van der Waals surface area contributed by atoms with Gasteiger partial charge in [0.1, 0.15) is 5.75 Å². The zero-order chi connectivity index (χ0) is 19.4. The molecule has 1 rings (SSSR count). The quantitative estimate of drug-likeness (QED) is 0.336. The third-order valence-electron chi connectivity index (χ3n) is 3.55. The van der Waals surface area contributed by atoms with Gasteiger partial charge in [-0.2, -0.15) is 0 Å². The number of carboxylic acid groups (broad SMARTS) is 1. The van der Waals surface area contributed by atoms with E-state index in [4.69, 9.17) is 14.6 Å². The fourth-order valence-corrected chi connectivity index (χ4v) is 2.16. The summed E-state index contributed by atoms with van der Waals surface area (Å²) in [6.07, 6.45) is 6.03. The summed E-state index contributed by atoms with van der Waals surface area (Å²) in [6.45, 7) is 5.87. The lowest BCUT2D eigenvalue weighted by Gasteiger charge is -2.11. The normalized spacial score (nSPS) is 10.7. The Morgan fingerprint density at radius 2 is 1.85 bits per heavy atom. The van der Waals surface area contributed by atoms with E-state index in [1.807, 2.05) is 0 Å². The first-order valence-corrected chi connectivity index (χ1v) is 8.54. The van der Waals surface area contributed by atoms with Crippen molar-refractivity contribution >= 4 is 18.0 Å². The minimum atomic E-state index is -1.02. The molecule has 2 N–H and O–H groups in total. The van der Waals surface area contributed by atoms with Crippen LogP contribution >= 0.6 is 0 Å². The van der Waals surface area contributed by atoms with Crippen LogP contribution in [-0.4, -0.2) is 35.4 Å². The first-order chi connectivity index (χ1) is 12.4. The second-order valence-electron chi connectivity index (χ2n) is 5.88. The molecule has 0 aliphatic rings. The van der Waals surface area contributed by atoms with Crippen LogP contribution in [0.1, 0.15) is 43.7 Å². The van der Waals surface area contributed by atoms with E-state index in [1.54, 1.807) is 25.1 Å². The number of unbranched alkanes of at least 4 members (excludes halogenated alkanes) is 3. The molecule has 0 aromatic heterocycles. The molecule has 6 heteroatoms. The molecular weight excluding hydrogens is 336 g/mol. The standard InChI is InChI=1S/C20H26O6/c1-15(2)20(24)26-12-6-4-3-5-11-25-18-9-7-16(8-10-19(22)23)13-17(18)14-21/h7-10,13,21H,1,3-6,11-12,14H2,2H3,(H,22,23)/b10-8+. The predicted octanol–water partition coefficient (Wildman–Crippen LogP) is 3.34. The van der Waals surface area contributed by atoms with E-state index in [1.165, 1.54) is 6.08 Å². The summed E-state index contributed by atoms with van der Waals surface area (Å²) in [7, 11) is 0. The highest BCUT2D eigenvalue weighted by Crippen LogP contribution is 2.21. The average molecular weight is 362 g/mol. The number of carboxylic acids is 1. The van der Waals surface area contributed by atoms with Crippen molar-refractivity contribution in [2.45, 2.75) is 39.2 Å². The minimum absolute atomic E-state index is 0.182. The van der Waals surface area contributed by atoms with Crippen LogP contribution in [0.2, 0.25) is 0 Å². The summed E-state index contributed by atoms with van der Waals surface area (Å²) < 4.78 is 10.7. The second-order valence-corrected chi connectivity index (χ2v) is 5.88. The van der Waals surface area contributed by atoms with Gasteiger partial charge in [0.2, 0.25) is 0 Å². The zero-order valence-electron chi connectivity index (χ0n) is 15.1. The molecule has 0 atom stereocenters. The monoisotopic (exact) mass is 362 g/mol. The molecule has 1 aromatic carbocycles. The van der Waals surface area contributed by atoms with Crippen molar-refractivity contribution in [1.82, 2.24) is 0 Å². The van der Waals surface area contributed by atoms with Gasteiger partial charge in [0, 0.05) is 17.2 Å². The Bertz CT molecular complexity index is 648. The Morgan fingerprint density at radius 1 is 1.15 bits per heavy atom. The van der Waals surface area contributed by atoms with Gasteiger partial charge in [0.15, 0.2) is 0 Å². The van der Waals surface area contributed by atoms with Gasteiger partial charge in [-0.15, -0.1) is 0 Å². The number of ether oxygens (including phenoxy) is 2. The maximum atomic E-state index is 11.2. The molecule has 1 aromatic rings. The van der Waals surface area contributed by atoms with E-state index >= 15 is 0 Å². The van der Waals surface area contributed by atoms with Crippen LogP contribution < -0.4 is 4.74 Å². The highest BCUT2D eigenvalue weighted by atomic mass is 16.5. The summed E-state index contributed by atoms with van der Waals surface area (Å²) >= 11 is 0. The highest BCUT2D eigenvalue weighted by molar-refractivity contribution is 5.87. The lowest BCUT2D eigenvalue weighted by molar-refractivity contribution is -0.139. The number of aliphatic hydroxyl groups excluding tert-OH is 1. The van der Waals surface area contributed by atoms with Gasteiger partial charge in [-0.05, 0) is 56.4 Å². The van der Waals surface area contributed by atoms with E-state index in [-0.39, 0.29) is 12.6 Å². The Labute approximate surface area is 153 Å². The molecule has 6 nitrogen and oxygen atoms in total. The topological polar surface area (TPSA) is 93.1 Å². The molecule has 0 amide bonds. The Kier molecular flexibility index (Phi) is 9.79. The van der Waals surface area contributed by atoms with E-state index < -0.39 is 5.97 Å². The van der Waals surface area contributed by atoms with E-state index in [9.17, 15) is 14.7 Å². The van der Waals surface area contributed by atoms with Crippen LogP contribution in [0.15, 0.2) is 36.4 Å². The smallest absolute Gasteiger partial charge is 0.333 e. The number of aliphatic carboxylic acids is 1. The van der Waals surface area contributed by atoms with Gasteiger partial charge in [0.05, 0.1) is 19.8 Å².